The zero-order valence-corrected chi connectivity index (χ0v) is 24.8. The second-order valence-corrected chi connectivity index (χ2v) is 11.7. The Hall–Kier alpha value is -3.56. The lowest BCUT2D eigenvalue weighted by Crippen LogP contribution is -2.52. The summed E-state index contributed by atoms with van der Waals surface area (Å²) in [6.45, 7) is 5.67. The fourth-order valence-corrected chi connectivity index (χ4v) is 5.77. The number of nitrogens with one attached hydrogen (secondary N) is 1. The van der Waals surface area contributed by atoms with Crippen LogP contribution >= 0.6 is 11.6 Å². The van der Waals surface area contributed by atoms with Crippen LogP contribution < -0.4 is 14.4 Å². The Kier molecular flexibility index (Phi) is 11.0. The van der Waals surface area contributed by atoms with E-state index in [1.165, 1.54) is 17.0 Å². The van der Waals surface area contributed by atoms with Crippen LogP contribution in [0.15, 0.2) is 77.7 Å². The zero-order valence-electron chi connectivity index (χ0n) is 23.3. The SMILES string of the molecule is CCCNC(=O)[C@@H](CC)N(Cc1cccc(OC)c1)C(=O)CN(c1ccc(Cl)cc1)S(=O)(=O)c1ccc(C)cc1. The monoisotopic (exact) mass is 585 g/mol. The van der Waals surface area contributed by atoms with Crippen molar-refractivity contribution in [3.63, 3.8) is 0 Å². The van der Waals surface area contributed by atoms with Crippen molar-refractivity contribution in [1.29, 1.82) is 0 Å². The third-order valence-electron chi connectivity index (χ3n) is 6.42. The number of methoxy groups -OCH3 is 1. The molecule has 0 saturated heterocycles. The molecule has 1 N–H and O–H groups in total. The standard InChI is InChI=1S/C30H36ClN3O5S/c1-5-18-32-30(36)28(6-2)33(20-23-8-7-9-26(19-23)39-4)29(35)21-34(25-14-12-24(31)13-15-25)40(37,38)27-16-10-22(3)11-17-27/h7-17,19,28H,5-6,18,20-21H2,1-4H3,(H,32,36)/t28-/m1/s1. The topological polar surface area (TPSA) is 96.0 Å². The van der Waals surface area contributed by atoms with Gasteiger partial charge in [0.25, 0.3) is 10.0 Å². The molecular formula is C30H36ClN3O5S. The third-order valence-corrected chi connectivity index (χ3v) is 8.46. The van der Waals surface area contributed by atoms with E-state index in [0.29, 0.717) is 23.7 Å². The Morgan fingerprint density at radius 1 is 1.00 bits per heavy atom. The zero-order chi connectivity index (χ0) is 29.3. The Morgan fingerprint density at radius 3 is 2.27 bits per heavy atom. The quantitative estimate of drug-likeness (QED) is 0.298. The Balaban J connectivity index is 2.05. The minimum atomic E-state index is -4.14. The van der Waals surface area contributed by atoms with Crippen LogP contribution in [0.25, 0.3) is 0 Å². The second-order valence-electron chi connectivity index (χ2n) is 9.39. The van der Waals surface area contributed by atoms with Gasteiger partial charge >= 0.3 is 0 Å². The number of rotatable bonds is 13. The predicted molar refractivity (Wildman–Crippen MR) is 158 cm³/mol. The summed E-state index contributed by atoms with van der Waals surface area (Å²) in [5, 5.41) is 3.31. The summed E-state index contributed by atoms with van der Waals surface area (Å²) in [5.41, 5.74) is 1.93. The molecule has 0 unspecified atom stereocenters. The molecule has 0 radical (unpaired) electrons. The fourth-order valence-electron chi connectivity index (χ4n) is 4.23. The molecule has 1 atom stereocenters. The van der Waals surface area contributed by atoms with Gasteiger partial charge < -0.3 is 15.0 Å². The van der Waals surface area contributed by atoms with E-state index in [4.69, 9.17) is 16.3 Å². The molecule has 2 amide bonds. The molecule has 10 heteroatoms. The van der Waals surface area contributed by atoms with Crippen molar-refractivity contribution in [2.24, 2.45) is 0 Å². The van der Waals surface area contributed by atoms with E-state index in [0.717, 1.165) is 21.9 Å². The van der Waals surface area contributed by atoms with Gasteiger partial charge in [-0.3, -0.25) is 13.9 Å². The number of halogens is 1. The van der Waals surface area contributed by atoms with Gasteiger partial charge in [0.05, 0.1) is 17.7 Å². The Morgan fingerprint density at radius 2 is 1.68 bits per heavy atom. The van der Waals surface area contributed by atoms with Gasteiger partial charge in [-0.25, -0.2) is 8.42 Å². The average Bonchev–Trinajstić information content (AvgIpc) is 2.95. The Labute approximate surface area is 241 Å². The van der Waals surface area contributed by atoms with Gasteiger partial charge in [0.2, 0.25) is 11.8 Å². The van der Waals surface area contributed by atoms with E-state index in [1.807, 2.05) is 26.8 Å². The van der Waals surface area contributed by atoms with Crippen LogP contribution in [0.5, 0.6) is 5.75 Å². The fraction of sp³-hybridized carbons (Fsp3) is 0.333. The molecular weight excluding hydrogens is 550 g/mol. The van der Waals surface area contributed by atoms with Crippen molar-refractivity contribution < 1.29 is 22.7 Å². The molecule has 0 heterocycles. The van der Waals surface area contributed by atoms with Crippen LogP contribution in [0.4, 0.5) is 5.69 Å². The molecule has 40 heavy (non-hydrogen) atoms. The smallest absolute Gasteiger partial charge is 0.264 e. The summed E-state index contributed by atoms with van der Waals surface area (Å²) in [5.74, 6) is -0.204. The maximum atomic E-state index is 14.0. The number of carbonyl (C=O) groups is 2. The highest BCUT2D eigenvalue weighted by molar-refractivity contribution is 7.92. The van der Waals surface area contributed by atoms with Gasteiger partial charge in [0, 0.05) is 18.1 Å². The molecule has 0 spiro atoms. The first-order valence-electron chi connectivity index (χ1n) is 13.2. The molecule has 0 aliphatic rings. The summed E-state index contributed by atoms with van der Waals surface area (Å²) in [6, 6.07) is 19.1. The highest BCUT2D eigenvalue weighted by Gasteiger charge is 2.33. The molecule has 0 aliphatic heterocycles. The summed E-state index contributed by atoms with van der Waals surface area (Å²) < 4.78 is 34.1. The minimum Gasteiger partial charge on any atom is -0.497 e. The highest BCUT2D eigenvalue weighted by Crippen LogP contribution is 2.26. The van der Waals surface area contributed by atoms with E-state index < -0.39 is 28.5 Å². The molecule has 8 nitrogen and oxygen atoms in total. The van der Waals surface area contributed by atoms with Crippen LogP contribution in [0.3, 0.4) is 0 Å². The van der Waals surface area contributed by atoms with Crippen LogP contribution in [-0.4, -0.2) is 51.4 Å². The highest BCUT2D eigenvalue weighted by atomic mass is 35.5. The number of amides is 2. The second kappa shape index (κ2) is 14.2. The first-order chi connectivity index (χ1) is 19.1. The lowest BCUT2D eigenvalue weighted by Gasteiger charge is -2.33. The number of hydrogen-bond donors (Lipinski definition) is 1. The molecule has 0 saturated carbocycles. The number of hydrogen-bond acceptors (Lipinski definition) is 5. The van der Waals surface area contributed by atoms with Crippen LogP contribution in [0, 0.1) is 6.92 Å². The number of nitrogens with zero attached hydrogens (tertiary/aromatic N) is 2. The average molecular weight is 586 g/mol. The maximum Gasteiger partial charge on any atom is 0.264 e. The number of aryl methyl sites for hydroxylation is 1. The van der Waals surface area contributed by atoms with Gasteiger partial charge in [-0.15, -0.1) is 0 Å². The number of sulfonamides is 1. The largest absolute Gasteiger partial charge is 0.497 e. The third kappa shape index (κ3) is 7.76. The van der Waals surface area contributed by atoms with Crippen molar-refractivity contribution in [2.75, 3.05) is 24.5 Å². The van der Waals surface area contributed by atoms with Gasteiger partial charge in [0.15, 0.2) is 0 Å². The van der Waals surface area contributed by atoms with Gasteiger partial charge in [0.1, 0.15) is 18.3 Å². The number of anilines is 1. The van der Waals surface area contributed by atoms with Crippen LogP contribution in [0.1, 0.15) is 37.8 Å². The molecule has 0 bridgehead atoms. The van der Waals surface area contributed by atoms with Crippen LogP contribution in [0.2, 0.25) is 5.02 Å². The first-order valence-corrected chi connectivity index (χ1v) is 15.0. The van der Waals surface area contributed by atoms with Crippen molar-refractivity contribution >= 4 is 39.1 Å². The summed E-state index contributed by atoms with van der Waals surface area (Å²) in [7, 11) is -2.59. The number of ether oxygens (including phenoxy) is 1. The first kappa shape index (κ1) is 31.0. The maximum absolute atomic E-state index is 14.0. The molecule has 3 aromatic carbocycles. The summed E-state index contributed by atoms with van der Waals surface area (Å²) >= 11 is 6.08. The van der Waals surface area contributed by atoms with E-state index in [-0.39, 0.29) is 23.0 Å². The lowest BCUT2D eigenvalue weighted by molar-refractivity contribution is -0.140. The van der Waals surface area contributed by atoms with E-state index in [1.54, 1.807) is 61.7 Å². The van der Waals surface area contributed by atoms with Crippen molar-refractivity contribution in [2.45, 2.75) is 51.1 Å². The van der Waals surface area contributed by atoms with E-state index >= 15 is 0 Å². The molecule has 3 rings (SSSR count). The number of carbonyl (C=O) groups excluding carboxylic acids is 2. The van der Waals surface area contributed by atoms with Gasteiger partial charge in [-0.2, -0.15) is 0 Å². The normalized spacial score (nSPS) is 11.9. The summed E-state index contributed by atoms with van der Waals surface area (Å²) in [4.78, 5) is 28.7. The van der Waals surface area contributed by atoms with E-state index in [2.05, 4.69) is 5.32 Å². The van der Waals surface area contributed by atoms with Gasteiger partial charge in [-0.05, 0) is 73.9 Å². The van der Waals surface area contributed by atoms with Crippen LogP contribution in [-0.2, 0) is 26.2 Å². The summed E-state index contributed by atoms with van der Waals surface area (Å²) in [6.07, 6.45) is 1.09. The number of benzene rings is 3. The minimum absolute atomic E-state index is 0.0490. The molecule has 0 fully saturated rings. The molecule has 0 aromatic heterocycles. The molecule has 214 valence electrons. The lowest BCUT2D eigenvalue weighted by atomic mass is 10.1. The van der Waals surface area contributed by atoms with E-state index in [9.17, 15) is 18.0 Å². The molecule has 0 aliphatic carbocycles. The van der Waals surface area contributed by atoms with Gasteiger partial charge in [-0.1, -0.05) is 55.3 Å². The Bertz CT molecular complexity index is 1400. The predicted octanol–water partition coefficient (Wildman–Crippen LogP) is 5.19. The van der Waals surface area contributed by atoms with Crippen molar-refractivity contribution in [1.82, 2.24) is 10.2 Å². The molecule has 3 aromatic rings. The van der Waals surface area contributed by atoms with Crippen molar-refractivity contribution in [3.05, 3.63) is 88.9 Å². The van der Waals surface area contributed by atoms with Crippen molar-refractivity contribution in [3.8, 4) is 5.75 Å².